The fourth-order valence-electron chi connectivity index (χ4n) is 8.75. The standard InChI is InChI=1S/C47H28N4O/c1-3-12-29(13-4-1)49-37-18-9-7-16-34(37)43-40(49)25-22-32-33-23-26-41-44(47(33)52-46(32)43)35-17-8-10-19-38(35)51(41)31-21-24-39-36(28-31)45-42(20-11-27-48-45)50(39)30-14-5-2-6-15-30/h1-28H. The van der Waals surface area contributed by atoms with Crippen LogP contribution >= 0.6 is 0 Å². The number of benzene rings is 7. The number of hydrogen-bond donors (Lipinski definition) is 0. The molecular weight excluding hydrogens is 637 g/mol. The van der Waals surface area contributed by atoms with Gasteiger partial charge < -0.3 is 18.1 Å². The van der Waals surface area contributed by atoms with Gasteiger partial charge in [0, 0.05) is 50.2 Å². The molecule has 7 aromatic carbocycles. The first-order chi connectivity index (χ1) is 25.8. The third-order valence-electron chi connectivity index (χ3n) is 10.9. The summed E-state index contributed by atoms with van der Waals surface area (Å²) in [5.74, 6) is 0. The molecule has 52 heavy (non-hydrogen) atoms. The average Bonchev–Trinajstić information content (AvgIpc) is 3.94. The van der Waals surface area contributed by atoms with Crippen LogP contribution in [0.5, 0.6) is 0 Å². The summed E-state index contributed by atoms with van der Waals surface area (Å²) in [6.07, 6.45) is 1.89. The summed E-state index contributed by atoms with van der Waals surface area (Å²) in [5, 5.41) is 7.96. The van der Waals surface area contributed by atoms with Crippen LogP contribution in [0.1, 0.15) is 0 Å². The molecule has 0 aliphatic rings. The Morgan fingerprint density at radius 3 is 1.44 bits per heavy atom. The Bertz CT molecular complexity index is 3400. The molecule has 0 radical (unpaired) electrons. The van der Waals surface area contributed by atoms with Gasteiger partial charge in [-0.2, -0.15) is 0 Å². The monoisotopic (exact) mass is 664 g/mol. The number of aromatic nitrogens is 4. The Hall–Kier alpha value is -7.11. The van der Waals surface area contributed by atoms with E-state index in [9.17, 15) is 0 Å². The van der Waals surface area contributed by atoms with Crippen molar-refractivity contribution in [2.45, 2.75) is 0 Å². The maximum absolute atomic E-state index is 7.13. The Labute approximate surface area is 296 Å². The fraction of sp³-hybridized carbons (Fsp3) is 0. The van der Waals surface area contributed by atoms with E-state index >= 15 is 0 Å². The zero-order chi connectivity index (χ0) is 33.9. The minimum absolute atomic E-state index is 0.912. The molecule has 0 bridgehead atoms. The fourth-order valence-corrected chi connectivity index (χ4v) is 8.75. The van der Waals surface area contributed by atoms with Crippen LogP contribution in [-0.4, -0.2) is 18.7 Å². The van der Waals surface area contributed by atoms with Gasteiger partial charge in [0.15, 0.2) is 0 Å². The molecule has 242 valence electrons. The summed E-state index contributed by atoms with van der Waals surface area (Å²) in [6.45, 7) is 0. The highest BCUT2D eigenvalue weighted by atomic mass is 16.3. The molecule has 5 heteroatoms. The van der Waals surface area contributed by atoms with Crippen LogP contribution < -0.4 is 0 Å². The van der Waals surface area contributed by atoms with Crippen molar-refractivity contribution in [3.63, 3.8) is 0 Å². The maximum Gasteiger partial charge on any atom is 0.145 e. The number of hydrogen-bond acceptors (Lipinski definition) is 2. The van der Waals surface area contributed by atoms with E-state index in [0.29, 0.717) is 0 Å². The number of nitrogens with zero attached hydrogens (tertiary/aromatic N) is 4. The van der Waals surface area contributed by atoms with Gasteiger partial charge >= 0.3 is 0 Å². The highest BCUT2D eigenvalue weighted by Gasteiger charge is 2.23. The van der Waals surface area contributed by atoms with Crippen LogP contribution in [0, 0.1) is 0 Å². The van der Waals surface area contributed by atoms with Gasteiger partial charge in [0.1, 0.15) is 11.2 Å². The zero-order valence-corrected chi connectivity index (χ0v) is 27.9. The quantitative estimate of drug-likeness (QED) is 0.189. The zero-order valence-electron chi connectivity index (χ0n) is 27.9. The first-order valence-electron chi connectivity index (χ1n) is 17.6. The lowest BCUT2D eigenvalue weighted by atomic mass is 10.1. The molecule has 0 fully saturated rings. The van der Waals surface area contributed by atoms with Crippen molar-refractivity contribution in [1.29, 1.82) is 0 Å². The second-order valence-electron chi connectivity index (χ2n) is 13.6. The average molecular weight is 665 g/mol. The Morgan fingerprint density at radius 1 is 0.346 bits per heavy atom. The minimum atomic E-state index is 0.912. The predicted octanol–water partition coefficient (Wildman–Crippen LogP) is 12.3. The van der Waals surface area contributed by atoms with Crippen LogP contribution in [0.3, 0.4) is 0 Å². The molecule has 0 aliphatic heterocycles. The van der Waals surface area contributed by atoms with Crippen LogP contribution in [0.25, 0.3) is 105 Å². The second kappa shape index (κ2) is 10.2. The highest BCUT2D eigenvalue weighted by molar-refractivity contribution is 6.29. The molecule has 12 aromatic rings. The molecule has 0 N–H and O–H groups in total. The van der Waals surface area contributed by atoms with Crippen molar-refractivity contribution >= 4 is 87.5 Å². The van der Waals surface area contributed by atoms with Gasteiger partial charge in [-0.1, -0.05) is 72.8 Å². The predicted molar refractivity (Wildman–Crippen MR) is 215 cm³/mol. The van der Waals surface area contributed by atoms with Gasteiger partial charge in [0.2, 0.25) is 0 Å². The van der Waals surface area contributed by atoms with E-state index in [1.54, 1.807) is 0 Å². The van der Waals surface area contributed by atoms with Crippen molar-refractivity contribution < 1.29 is 4.42 Å². The SMILES string of the molecule is c1ccc(-n2c3ccc(-n4c5ccccc5c5c6oc7c(ccc8c7c7ccccc7n8-c7ccccc7)c6ccc54)cc3c3ncccc32)cc1. The van der Waals surface area contributed by atoms with Crippen LogP contribution in [0.2, 0.25) is 0 Å². The summed E-state index contributed by atoms with van der Waals surface area (Å²) in [7, 11) is 0. The lowest BCUT2D eigenvalue weighted by Crippen LogP contribution is -1.95. The molecule has 0 saturated carbocycles. The second-order valence-corrected chi connectivity index (χ2v) is 13.6. The Morgan fingerprint density at radius 2 is 0.827 bits per heavy atom. The van der Waals surface area contributed by atoms with Crippen molar-refractivity contribution in [1.82, 2.24) is 18.7 Å². The summed E-state index contributed by atoms with van der Waals surface area (Å²) in [6, 6.07) is 58.4. The Balaban J connectivity index is 1.16. The van der Waals surface area contributed by atoms with Crippen molar-refractivity contribution in [2.75, 3.05) is 0 Å². The molecule has 0 atom stereocenters. The molecule has 0 amide bonds. The number of furan rings is 1. The molecule has 5 nitrogen and oxygen atoms in total. The molecule has 5 aromatic heterocycles. The van der Waals surface area contributed by atoms with Gasteiger partial charge in [-0.15, -0.1) is 0 Å². The van der Waals surface area contributed by atoms with Gasteiger partial charge in [-0.3, -0.25) is 4.98 Å². The normalized spacial score (nSPS) is 12.2. The third-order valence-corrected chi connectivity index (χ3v) is 10.9. The highest BCUT2D eigenvalue weighted by Crippen LogP contribution is 2.45. The molecule has 0 aliphatic carbocycles. The van der Waals surface area contributed by atoms with Gasteiger partial charge in [0.05, 0.1) is 49.4 Å². The number of pyridine rings is 1. The molecule has 0 saturated heterocycles. The minimum Gasteiger partial charge on any atom is -0.455 e. The van der Waals surface area contributed by atoms with E-state index < -0.39 is 0 Å². The maximum atomic E-state index is 7.13. The summed E-state index contributed by atoms with van der Waals surface area (Å²) in [4.78, 5) is 4.89. The largest absolute Gasteiger partial charge is 0.455 e. The van der Waals surface area contributed by atoms with E-state index in [4.69, 9.17) is 9.40 Å². The first kappa shape index (κ1) is 27.7. The van der Waals surface area contributed by atoms with E-state index in [2.05, 4.69) is 171 Å². The Kier molecular flexibility index (Phi) is 5.44. The van der Waals surface area contributed by atoms with Crippen molar-refractivity contribution in [2.24, 2.45) is 0 Å². The summed E-state index contributed by atoms with van der Waals surface area (Å²) in [5.41, 5.74) is 12.9. The first-order valence-corrected chi connectivity index (χ1v) is 17.6. The van der Waals surface area contributed by atoms with Crippen LogP contribution in [0.4, 0.5) is 0 Å². The summed E-state index contributed by atoms with van der Waals surface area (Å²) < 4.78 is 14.2. The van der Waals surface area contributed by atoms with Gasteiger partial charge in [-0.05, 0) is 91.0 Å². The number of rotatable bonds is 3. The number of fused-ring (bicyclic) bond motifs is 14. The third kappa shape index (κ3) is 3.59. The smallest absolute Gasteiger partial charge is 0.145 e. The lowest BCUT2D eigenvalue weighted by molar-refractivity contribution is 0.677. The molecule has 0 spiro atoms. The summed E-state index contributed by atoms with van der Waals surface area (Å²) >= 11 is 0. The van der Waals surface area contributed by atoms with E-state index in [1.165, 1.54) is 5.39 Å². The van der Waals surface area contributed by atoms with Gasteiger partial charge in [-0.25, -0.2) is 0 Å². The lowest BCUT2D eigenvalue weighted by Gasteiger charge is -2.10. The molecule has 0 unspecified atom stereocenters. The van der Waals surface area contributed by atoms with E-state index in [0.717, 1.165) is 99.2 Å². The topological polar surface area (TPSA) is 40.8 Å². The van der Waals surface area contributed by atoms with E-state index in [-0.39, 0.29) is 0 Å². The molecular formula is C47H28N4O. The van der Waals surface area contributed by atoms with Crippen molar-refractivity contribution in [3.8, 4) is 17.1 Å². The number of para-hydroxylation sites is 4. The van der Waals surface area contributed by atoms with Gasteiger partial charge in [0.25, 0.3) is 0 Å². The molecule has 5 heterocycles. The van der Waals surface area contributed by atoms with Crippen LogP contribution in [-0.2, 0) is 0 Å². The van der Waals surface area contributed by atoms with Crippen LogP contribution in [0.15, 0.2) is 174 Å². The molecule has 12 rings (SSSR count). The van der Waals surface area contributed by atoms with Crippen molar-refractivity contribution in [3.05, 3.63) is 170 Å². The van der Waals surface area contributed by atoms with E-state index in [1.807, 2.05) is 12.3 Å².